The number of halogens is 2. The van der Waals surface area contributed by atoms with Crippen LogP contribution in [0.2, 0.25) is 0 Å². The molecule has 0 N–H and O–H groups in total. The second-order valence-corrected chi connectivity index (χ2v) is 2.11. The smallest absolute Gasteiger partial charge is 0.268 e. The Hall–Kier alpha value is -0.730. The highest BCUT2D eigenvalue weighted by molar-refractivity contribution is 5.54. The Morgan fingerprint density at radius 3 is 2.30 bits per heavy atom. The van der Waals surface area contributed by atoms with E-state index in [4.69, 9.17) is 0 Å². The van der Waals surface area contributed by atoms with Crippen LogP contribution >= 0.6 is 0 Å². The molecule has 0 rings (SSSR count). The largest absolute Gasteiger partial charge is 0.269 e. The third kappa shape index (κ3) is 3.33. The van der Waals surface area contributed by atoms with Gasteiger partial charge in [-0.15, -0.1) is 0 Å². The standard InChI is InChI=1S/C7H11F2N/c1-4-10-5-6(2)7(3,8)9/h4-5H,1-3H3. The first kappa shape index (κ1) is 9.27. The van der Waals surface area contributed by atoms with Crippen LogP contribution < -0.4 is 0 Å². The number of alkyl halides is 2. The van der Waals surface area contributed by atoms with Crippen LogP contribution in [0.25, 0.3) is 0 Å². The molecule has 0 fully saturated rings. The van der Waals surface area contributed by atoms with E-state index >= 15 is 0 Å². The minimum absolute atomic E-state index is 0.0226. The monoisotopic (exact) mass is 147 g/mol. The summed E-state index contributed by atoms with van der Waals surface area (Å²) >= 11 is 0. The molecule has 0 atom stereocenters. The van der Waals surface area contributed by atoms with E-state index < -0.39 is 5.92 Å². The fraction of sp³-hybridized carbons (Fsp3) is 0.571. The number of rotatable bonds is 2. The zero-order valence-corrected chi connectivity index (χ0v) is 6.36. The van der Waals surface area contributed by atoms with Crippen LogP contribution in [0.4, 0.5) is 8.78 Å². The van der Waals surface area contributed by atoms with Gasteiger partial charge >= 0.3 is 0 Å². The molecular formula is C7H11F2N. The highest BCUT2D eigenvalue weighted by Crippen LogP contribution is 2.21. The first-order valence-electron chi connectivity index (χ1n) is 3.01. The number of nitrogens with zero attached hydrogens (tertiary/aromatic N) is 1. The van der Waals surface area contributed by atoms with Gasteiger partial charge in [-0.1, -0.05) is 0 Å². The van der Waals surface area contributed by atoms with Gasteiger partial charge in [0.1, 0.15) is 0 Å². The van der Waals surface area contributed by atoms with Crippen LogP contribution in [0.3, 0.4) is 0 Å². The summed E-state index contributed by atoms with van der Waals surface area (Å²) in [6.07, 6.45) is 2.63. The maximum absolute atomic E-state index is 12.3. The Balaban J connectivity index is 4.20. The average Bonchev–Trinajstić information content (AvgIpc) is 1.80. The molecule has 0 bridgehead atoms. The van der Waals surface area contributed by atoms with E-state index in [9.17, 15) is 8.78 Å². The molecule has 1 nitrogen and oxygen atoms in total. The first-order chi connectivity index (χ1) is 4.48. The average molecular weight is 147 g/mol. The summed E-state index contributed by atoms with van der Waals surface area (Å²) in [5.74, 6) is -2.74. The molecular weight excluding hydrogens is 136 g/mol. The van der Waals surface area contributed by atoms with Crippen LogP contribution in [0.15, 0.2) is 16.8 Å². The van der Waals surface area contributed by atoms with Crippen molar-refractivity contribution in [3.05, 3.63) is 11.8 Å². The van der Waals surface area contributed by atoms with Crippen molar-refractivity contribution in [3.8, 4) is 0 Å². The molecule has 0 aliphatic heterocycles. The van der Waals surface area contributed by atoms with Crippen LogP contribution in [0.1, 0.15) is 20.8 Å². The van der Waals surface area contributed by atoms with Gasteiger partial charge in [-0.05, 0) is 13.8 Å². The Bertz CT molecular complexity index is 153. The third-order valence-corrected chi connectivity index (χ3v) is 1.11. The predicted octanol–water partition coefficient (Wildman–Crippen LogP) is 2.64. The maximum atomic E-state index is 12.3. The van der Waals surface area contributed by atoms with Gasteiger partial charge in [-0.2, -0.15) is 0 Å². The van der Waals surface area contributed by atoms with Crippen molar-refractivity contribution in [1.82, 2.24) is 0 Å². The van der Waals surface area contributed by atoms with E-state index in [1.807, 2.05) is 0 Å². The summed E-state index contributed by atoms with van der Waals surface area (Å²) in [7, 11) is 0. The molecule has 0 aromatic rings. The van der Waals surface area contributed by atoms with Crippen LogP contribution in [0.5, 0.6) is 0 Å². The van der Waals surface area contributed by atoms with E-state index in [-0.39, 0.29) is 5.57 Å². The van der Waals surface area contributed by atoms with E-state index in [2.05, 4.69) is 4.99 Å². The Morgan fingerprint density at radius 1 is 1.50 bits per heavy atom. The molecule has 0 saturated heterocycles. The van der Waals surface area contributed by atoms with E-state index in [0.717, 1.165) is 6.92 Å². The molecule has 0 amide bonds. The Labute approximate surface area is 59.5 Å². The quantitative estimate of drug-likeness (QED) is 0.532. The molecule has 0 saturated carbocycles. The SMILES string of the molecule is CC=NC=C(C)C(C)(F)F. The molecule has 0 aliphatic rings. The summed E-state index contributed by atoms with van der Waals surface area (Å²) in [4.78, 5) is 3.57. The van der Waals surface area contributed by atoms with Gasteiger partial charge in [0.15, 0.2) is 0 Å². The minimum atomic E-state index is -2.74. The molecule has 0 unspecified atom stereocenters. The third-order valence-electron chi connectivity index (χ3n) is 1.11. The van der Waals surface area contributed by atoms with Crippen molar-refractivity contribution in [3.63, 3.8) is 0 Å². The van der Waals surface area contributed by atoms with Gasteiger partial charge in [-0.3, -0.25) is 4.99 Å². The minimum Gasteiger partial charge on any atom is -0.269 e. The van der Waals surface area contributed by atoms with Gasteiger partial charge in [0.2, 0.25) is 0 Å². The number of allylic oxidation sites excluding steroid dienone is 1. The van der Waals surface area contributed by atoms with Crippen molar-refractivity contribution < 1.29 is 8.78 Å². The van der Waals surface area contributed by atoms with Crippen molar-refractivity contribution in [2.75, 3.05) is 0 Å². The second kappa shape index (κ2) is 3.44. The van der Waals surface area contributed by atoms with Crippen molar-refractivity contribution >= 4 is 6.21 Å². The first-order valence-corrected chi connectivity index (χ1v) is 3.01. The van der Waals surface area contributed by atoms with Crippen LogP contribution in [0, 0.1) is 0 Å². The molecule has 0 aromatic carbocycles. The van der Waals surface area contributed by atoms with E-state index in [1.54, 1.807) is 6.92 Å². The summed E-state index contributed by atoms with van der Waals surface area (Å²) in [6, 6.07) is 0. The van der Waals surface area contributed by atoms with Crippen LogP contribution in [-0.4, -0.2) is 12.1 Å². The van der Waals surface area contributed by atoms with Gasteiger partial charge in [0.05, 0.1) is 0 Å². The van der Waals surface area contributed by atoms with E-state index in [1.165, 1.54) is 19.3 Å². The van der Waals surface area contributed by atoms with Crippen molar-refractivity contribution in [2.45, 2.75) is 26.7 Å². The lowest BCUT2D eigenvalue weighted by Gasteiger charge is -2.08. The van der Waals surface area contributed by atoms with Crippen molar-refractivity contribution in [2.24, 2.45) is 4.99 Å². The zero-order valence-electron chi connectivity index (χ0n) is 6.36. The van der Waals surface area contributed by atoms with Crippen molar-refractivity contribution in [1.29, 1.82) is 0 Å². The lowest BCUT2D eigenvalue weighted by atomic mass is 10.2. The summed E-state index contributed by atoms with van der Waals surface area (Å²) < 4.78 is 24.6. The molecule has 10 heavy (non-hydrogen) atoms. The molecule has 0 spiro atoms. The molecule has 3 heteroatoms. The topological polar surface area (TPSA) is 12.4 Å². The number of hydrogen-bond acceptors (Lipinski definition) is 1. The second-order valence-electron chi connectivity index (χ2n) is 2.11. The highest BCUT2D eigenvalue weighted by Gasteiger charge is 2.22. The fourth-order valence-electron chi connectivity index (χ4n) is 0.300. The van der Waals surface area contributed by atoms with Gasteiger partial charge in [0, 0.05) is 24.9 Å². The molecule has 0 radical (unpaired) electrons. The van der Waals surface area contributed by atoms with Gasteiger partial charge < -0.3 is 0 Å². The highest BCUT2D eigenvalue weighted by atomic mass is 19.3. The number of hydrogen-bond donors (Lipinski definition) is 0. The Kier molecular flexibility index (Phi) is 3.19. The van der Waals surface area contributed by atoms with Gasteiger partial charge in [-0.25, -0.2) is 8.78 Å². The molecule has 0 heterocycles. The maximum Gasteiger partial charge on any atom is 0.268 e. The lowest BCUT2D eigenvalue weighted by molar-refractivity contribution is 0.0633. The summed E-state index contributed by atoms with van der Waals surface area (Å²) in [6.45, 7) is 3.88. The Morgan fingerprint density at radius 2 is 2.00 bits per heavy atom. The zero-order chi connectivity index (χ0) is 8.20. The van der Waals surface area contributed by atoms with Gasteiger partial charge in [0.25, 0.3) is 5.92 Å². The normalized spacial score (nSPS) is 14.7. The predicted molar refractivity (Wildman–Crippen MR) is 38.5 cm³/mol. The molecule has 0 aliphatic carbocycles. The lowest BCUT2D eigenvalue weighted by Crippen LogP contribution is -2.10. The van der Waals surface area contributed by atoms with Crippen LogP contribution in [-0.2, 0) is 0 Å². The summed E-state index contributed by atoms with van der Waals surface area (Å²) in [5.41, 5.74) is -0.0226. The summed E-state index contributed by atoms with van der Waals surface area (Å²) in [5, 5.41) is 0. The van der Waals surface area contributed by atoms with E-state index in [0.29, 0.717) is 0 Å². The number of aliphatic imine (C=N–C) groups is 1. The molecule has 0 aromatic heterocycles. The fourth-order valence-corrected chi connectivity index (χ4v) is 0.300. The molecule has 58 valence electrons.